The monoisotopic (exact) mass is 409 g/mol. The number of benzene rings is 1. The van der Waals surface area contributed by atoms with Crippen molar-refractivity contribution in [2.45, 2.75) is 62.0 Å². The summed E-state index contributed by atoms with van der Waals surface area (Å²) in [5.74, 6) is 0.176. The quantitative estimate of drug-likeness (QED) is 0.626. The third-order valence-corrected chi connectivity index (χ3v) is 6.61. The summed E-state index contributed by atoms with van der Waals surface area (Å²) in [5.41, 5.74) is 1.86. The Morgan fingerprint density at radius 3 is 2.85 bits per heavy atom. The molecular formula is C20H28ClN3O2S. The molecule has 0 radical (unpaired) electrons. The summed E-state index contributed by atoms with van der Waals surface area (Å²) in [6, 6.07) is 6.09. The molecule has 1 amide bonds. The first kappa shape index (κ1) is 20.5. The van der Waals surface area contributed by atoms with Crippen LogP contribution in [0.5, 0.6) is 0 Å². The van der Waals surface area contributed by atoms with Crippen LogP contribution < -0.4 is 0 Å². The van der Waals surface area contributed by atoms with Gasteiger partial charge in [-0.3, -0.25) is 4.79 Å². The lowest BCUT2D eigenvalue weighted by atomic mass is 9.94. The van der Waals surface area contributed by atoms with E-state index in [-0.39, 0.29) is 11.2 Å². The maximum atomic E-state index is 13.0. The highest BCUT2D eigenvalue weighted by molar-refractivity contribution is 8.00. The topological polar surface area (TPSA) is 47.4 Å². The molecule has 27 heavy (non-hydrogen) atoms. The Labute approximate surface area is 170 Å². The molecule has 1 aliphatic rings. The fourth-order valence-electron chi connectivity index (χ4n) is 3.71. The number of imidazole rings is 1. The molecule has 0 bridgehead atoms. The first-order valence-corrected chi connectivity index (χ1v) is 10.8. The lowest BCUT2D eigenvalue weighted by molar-refractivity contribution is -0.131. The van der Waals surface area contributed by atoms with E-state index in [0.29, 0.717) is 24.2 Å². The van der Waals surface area contributed by atoms with Crippen LogP contribution in [0.25, 0.3) is 11.0 Å². The number of hydrogen-bond donors (Lipinski definition) is 0. The Bertz CT molecular complexity index is 789. The van der Waals surface area contributed by atoms with Crippen molar-refractivity contribution in [3.8, 4) is 0 Å². The van der Waals surface area contributed by atoms with Gasteiger partial charge in [-0.2, -0.15) is 0 Å². The third-order valence-electron chi connectivity index (χ3n) is 5.29. The highest BCUT2D eigenvalue weighted by atomic mass is 35.5. The largest absolute Gasteiger partial charge is 0.383 e. The predicted molar refractivity (Wildman–Crippen MR) is 112 cm³/mol. The minimum absolute atomic E-state index is 0.176. The molecule has 0 saturated heterocycles. The summed E-state index contributed by atoms with van der Waals surface area (Å²) in [6.45, 7) is 3.25. The fraction of sp³-hybridized carbons (Fsp3) is 0.600. The van der Waals surface area contributed by atoms with Gasteiger partial charge in [0, 0.05) is 31.8 Å². The van der Waals surface area contributed by atoms with E-state index in [1.54, 1.807) is 7.11 Å². The average molecular weight is 410 g/mol. The first-order chi connectivity index (χ1) is 13.0. The molecule has 1 aromatic carbocycles. The van der Waals surface area contributed by atoms with Gasteiger partial charge in [0.2, 0.25) is 5.91 Å². The number of aromatic nitrogens is 2. The summed E-state index contributed by atoms with van der Waals surface area (Å²) >= 11 is 7.64. The zero-order chi connectivity index (χ0) is 19.4. The molecule has 7 heteroatoms. The van der Waals surface area contributed by atoms with Crippen LogP contribution >= 0.6 is 23.4 Å². The van der Waals surface area contributed by atoms with E-state index in [2.05, 4.69) is 4.57 Å². The number of ether oxygens (including phenoxy) is 1. The maximum absolute atomic E-state index is 13.0. The summed E-state index contributed by atoms with van der Waals surface area (Å²) in [6.07, 6.45) is 5.96. The molecule has 1 heterocycles. The van der Waals surface area contributed by atoms with Gasteiger partial charge < -0.3 is 14.2 Å². The van der Waals surface area contributed by atoms with Crippen LogP contribution in [-0.2, 0) is 16.1 Å². The maximum Gasteiger partial charge on any atom is 0.235 e. The Balaban J connectivity index is 1.78. The second kappa shape index (κ2) is 9.30. The fourth-order valence-corrected chi connectivity index (χ4v) is 4.93. The summed E-state index contributed by atoms with van der Waals surface area (Å²) in [7, 11) is 3.64. The number of hydrogen-bond acceptors (Lipinski definition) is 4. The normalized spacial score (nSPS) is 16.6. The average Bonchev–Trinajstić information content (AvgIpc) is 3.01. The smallest absolute Gasteiger partial charge is 0.235 e. The summed E-state index contributed by atoms with van der Waals surface area (Å²) in [4.78, 5) is 19.7. The second-order valence-electron chi connectivity index (χ2n) is 7.17. The van der Waals surface area contributed by atoms with E-state index in [4.69, 9.17) is 21.3 Å². The Morgan fingerprint density at radius 1 is 1.41 bits per heavy atom. The van der Waals surface area contributed by atoms with Crippen molar-refractivity contribution < 1.29 is 9.53 Å². The Hall–Kier alpha value is -1.24. The second-order valence-corrected chi connectivity index (χ2v) is 8.92. The van der Waals surface area contributed by atoms with Crippen molar-refractivity contribution in [1.29, 1.82) is 0 Å². The number of amides is 1. The van der Waals surface area contributed by atoms with Crippen LogP contribution in [-0.4, -0.2) is 52.4 Å². The third kappa shape index (κ3) is 4.79. The molecule has 148 valence electrons. The number of nitrogens with zero attached hydrogens (tertiary/aromatic N) is 3. The van der Waals surface area contributed by atoms with E-state index in [0.717, 1.165) is 29.0 Å². The molecule has 1 aromatic heterocycles. The van der Waals surface area contributed by atoms with Gasteiger partial charge in [0.25, 0.3) is 0 Å². The predicted octanol–water partition coefficient (Wildman–Crippen LogP) is 4.61. The number of halogens is 1. The molecule has 1 atom stereocenters. The highest BCUT2D eigenvalue weighted by Crippen LogP contribution is 2.30. The van der Waals surface area contributed by atoms with E-state index in [1.807, 2.05) is 37.1 Å². The molecular weight excluding hydrogens is 382 g/mol. The van der Waals surface area contributed by atoms with Crippen LogP contribution in [0, 0.1) is 0 Å². The zero-order valence-corrected chi connectivity index (χ0v) is 17.9. The van der Waals surface area contributed by atoms with E-state index >= 15 is 0 Å². The molecule has 1 fully saturated rings. The van der Waals surface area contributed by atoms with Gasteiger partial charge in [-0.15, -0.1) is 0 Å². The van der Waals surface area contributed by atoms with Gasteiger partial charge in [0.05, 0.1) is 22.9 Å². The van der Waals surface area contributed by atoms with Crippen LogP contribution in [0.1, 0.15) is 39.0 Å². The molecule has 0 spiro atoms. The number of carbonyl (C=O) groups is 1. The highest BCUT2D eigenvalue weighted by Gasteiger charge is 2.27. The molecule has 5 nitrogen and oxygen atoms in total. The zero-order valence-electron chi connectivity index (χ0n) is 16.3. The van der Waals surface area contributed by atoms with Gasteiger partial charge in [0.1, 0.15) is 0 Å². The summed E-state index contributed by atoms with van der Waals surface area (Å²) in [5, 5.41) is 1.31. The van der Waals surface area contributed by atoms with E-state index in [9.17, 15) is 4.79 Å². The van der Waals surface area contributed by atoms with Crippen LogP contribution in [0.2, 0.25) is 5.02 Å². The lowest BCUT2D eigenvalue weighted by Crippen LogP contribution is -2.42. The number of thioether (sulfide) groups is 1. The first-order valence-electron chi connectivity index (χ1n) is 9.59. The molecule has 2 aromatic rings. The molecule has 0 N–H and O–H groups in total. The number of rotatable bonds is 7. The van der Waals surface area contributed by atoms with Gasteiger partial charge in [0.15, 0.2) is 5.16 Å². The number of carbonyl (C=O) groups excluding carboxylic acids is 1. The summed E-state index contributed by atoms with van der Waals surface area (Å²) < 4.78 is 7.37. The Morgan fingerprint density at radius 2 is 2.15 bits per heavy atom. The van der Waals surface area contributed by atoms with Gasteiger partial charge in [-0.05, 0) is 38.0 Å². The van der Waals surface area contributed by atoms with Crippen molar-refractivity contribution in [1.82, 2.24) is 14.5 Å². The molecule has 1 saturated carbocycles. The van der Waals surface area contributed by atoms with Crippen molar-refractivity contribution in [3.63, 3.8) is 0 Å². The van der Waals surface area contributed by atoms with Crippen molar-refractivity contribution in [2.75, 3.05) is 20.8 Å². The van der Waals surface area contributed by atoms with Crippen LogP contribution in [0.4, 0.5) is 0 Å². The SMILES string of the molecule is COCCn1c(SC(C)C(=O)N(C)C2CCCCC2)nc2cc(Cl)ccc21. The standard InChI is InChI=1S/C20H28ClN3O2S/c1-14(19(25)23(2)16-7-5-4-6-8-16)27-20-22-17-13-15(21)9-10-18(17)24(20)11-12-26-3/h9-10,13-14,16H,4-8,11-12H2,1-3H3. The van der Waals surface area contributed by atoms with Crippen LogP contribution in [0.15, 0.2) is 23.4 Å². The van der Waals surface area contributed by atoms with Gasteiger partial charge in [-0.1, -0.05) is 42.6 Å². The van der Waals surface area contributed by atoms with Crippen molar-refractivity contribution in [3.05, 3.63) is 23.2 Å². The van der Waals surface area contributed by atoms with Crippen molar-refractivity contribution >= 4 is 40.3 Å². The molecule has 3 rings (SSSR count). The molecule has 1 aliphatic carbocycles. The molecule has 1 unspecified atom stereocenters. The minimum Gasteiger partial charge on any atom is -0.383 e. The number of methoxy groups -OCH3 is 1. The van der Waals surface area contributed by atoms with E-state index in [1.165, 1.54) is 31.0 Å². The van der Waals surface area contributed by atoms with Gasteiger partial charge in [-0.25, -0.2) is 4.98 Å². The molecule has 0 aliphatic heterocycles. The minimum atomic E-state index is -0.189. The lowest BCUT2D eigenvalue weighted by Gasteiger charge is -2.32. The van der Waals surface area contributed by atoms with E-state index < -0.39 is 0 Å². The van der Waals surface area contributed by atoms with Crippen LogP contribution in [0.3, 0.4) is 0 Å². The number of fused-ring (bicyclic) bond motifs is 1. The van der Waals surface area contributed by atoms with Gasteiger partial charge >= 0.3 is 0 Å². The van der Waals surface area contributed by atoms with Crippen molar-refractivity contribution in [2.24, 2.45) is 0 Å². The Kier molecular flexibility index (Phi) is 7.06.